The number of fused-ring (bicyclic) bond motifs is 1. The second-order valence-electron chi connectivity index (χ2n) is 8.27. The summed E-state index contributed by atoms with van der Waals surface area (Å²) in [7, 11) is 0. The summed E-state index contributed by atoms with van der Waals surface area (Å²) in [6.07, 6.45) is 4.17. The number of rotatable bonds is 3. The standard InChI is InChI=1S/C24H24FN3O2/c25-18-5-7-19(8-6-18)28-15-17(13-23(28)29)24(30)27-11-9-16(10-12-27)21-14-26-22-4-2-1-3-20(21)22/h1-8,14,16-17,26H,9-13,15H2/t17-/m0/s1. The van der Waals surface area contributed by atoms with E-state index in [1.165, 1.54) is 23.1 Å². The Morgan fingerprint density at radius 3 is 2.53 bits per heavy atom. The van der Waals surface area contributed by atoms with Gasteiger partial charge < -0.3 is 14.8 Å². The number of para-hydroxylation sites is 1. The number of nitrogens with one attached hydrogen (secondary N) is 1. The van der Waals surface area contributed by atoms with E-state index >= 15 is 0 Å². The van der Waals surface area contributed by atoms with Crippen molar-refractivity contribution in [1.82, 2.24) is 9.88 Å². The molecule has 2 aliphatic rings. The molecule has 1 aromatic heterocycles. The van der Waals surface area contributed by atoms with Crippen LogP contribution in [0.25, 0.3) is 10.9 Å². The third kappa shape index (κ3) is 3.36. The number of hydrogen-bond donors (Lipinski definition) is 1. The lowest BCUT2D eigenvalue weighted by atomic mass is 9.88. The van der Waals surface area contributed by atoms with Crippen LogP contribution in [-0.2, 0) is 9.59 Å². The molecule has 1 N–H and O–H groups in total. The molecule has 0 saturated carbocycles. The van der Waals surface area contributed by atoms with Gasteiger partial charge in [-0.15, -0.1) is 0 Å². The van der Waals surface area contributed by atoms with Crippen LogP contribution in [-0.4, -0.2) is 41.3 Å². The first-order chi connectivity index (χ1) is 14.6. The Hall–Kier alpha value is -3.15. The molecule has 0 bridgehead atoms. The van der Waals surface area contributed by atoms with E-state index in [0.717, 1.165) is 18.4 Å². The number of carbonyl (C=O) groups excluding carboxylic acids is 2. The first kappa shape index (κ1) is 18.9. The number of benzene rings is 2. The second kappa shape index (κ2) is 7.59. The highest BCUT2D eigenvalue weighted by atomic mass is 19.1. The van der Waals surface area contributed by atoms with Crippen molar-refractivity contribution in [1.29, 1.82) is 0 Å². The molecule has 3 heterocycles. The fourth-order valence-corrected chi connectivity index (χ4v) is 4.84. The average molecular weight is 405 g/mol. The number of hydrogen-bond acceptors (Lipinski definition) is 2. The molecule has 2 saturated heterocycles. The van der Waals surface area contributed by atoms with Gasteiger partial charge in [0.1, 0.15) is 5.82 Å². The van der Waals surface area contributed by atoms with Gasteiger partial charge in [0.2, 0.25) is 11.8 Å². The number of halogens is 1. The Labute approximate surface area is 174 Å². The van der Waals surface area contributed by atoms with Crippen molar-refractivity contribution < 1.29 is 14.0 Å². The van der Waals surface area contributed by atoms with Crippen LogP contribution in [0.1, 0.15) is 30.7 Å². The van der Waals surface area contributed by atoms with Gasteiger partial charge in [-0.25, -0.2) is 4.39 Å². The van der Waals surface area contributed by atoms with Gasteiger partial charge in [-0.3, -0.25) is 9.59 Å². The molecular formula is C24H24FN3O2. The maximum absolute atomic E-state index is 13.2. The molecule has 0 radical (unpaired) electrons. The highest BCUT2D eigenvalue weighted by Gasteiger charge is 2.38. The molecule has 30 heavy (non-hydrogen) atoms. The van der Waals surface area contributed by atoms with Crippen LogP contribution in [0.15, 0.2) is 54.7 Å². The number of anilines is 1. The molecule has 2 aliphatic heterocycles. The summed E-state index contributed by atoms with van der Waals surface area (Å²) < 4.78 is 13.2. The summed E-state index contributed by atoms with van der Waals surface area (Å²) in [6.45, 7) is 1.79. The summed E-state index contributed by atoms with van der Waals surface area (Å²) in [6, 6.07) is 14.2. The molecule has 0 spiro atoms. The minimum atomic E-state index is -0.337. The molecule has 0 aliphatic carbocycles. The second-order valence-corrected chi connectivity index (χ2v) is 8.27. The average Bonchev–Trinajstić information content (AvgIpc) is 3.38. The van der Waals surface area contributed by atoms with Gasteiger partial charge in [0.05, 0.1) is 5.92 Å². The molecule has 2 fully saturated rings. The number of nitrogens with zero attached hydrogens (tertiary/aromatic N) is 2. The van der Waals surface area contributed by atoms with Gasteiger partial charge in [0.15, 0.2) is 0 Å². The molecule has 154 valence electrons. The molecule has 2 amide bonds. The number of aromatic amines is 1. The van der Waals surface area contributed by atoms with E-state index in [0.29, 0.717) is 31.2 Å². The maximum atomic E-state index is 13.2. The van der Waals surface area contributed by atoms with Crippen molar-refractivity contribution in [3.05, 3.63) is 66.1 Å². The fraction of sp³-hybridized carbons (Fsp3) is 0.333. The minimum Gasteiger partial charge on any atom is -0.361 e. The van der Waals surface area contributed by atoms with Gasteiger partial charge in [0.25, 0.3) is 0 Å². The Bertz CT molecular complexity index is 1080. The normalized spacial score (nSPS) is 20.3. The van der Waals surface area contributed by atoms with Gasteiger partial charge in [-0.05, 0) is 54.7 Å². The zero-order valence-corrected chi connectivity index (χ0v) is 16.7. The lowest BCUT2D eigenvalue weighted by molar-refractivity contribution is -0.136. The molecule has 5 nitrogen and oxygen atoms in total. The van der Waals surface area contributed by atoms with E-state index in [-0.39, 0.29) is 30.0 Å². The van der Waals surface area contributed by atoms with Gasteiger partial charge >= 0.3 is 0 Å². The Kier molecular flexibility index (Phi) is 4.77. The number of carbonyl (C=O) groups is 2. The van der Waals surface area contributed by atoms with Crippen LogP contribution >= 0.6 is 0 Å². The number of piperidine rings is 1. The quantitative estimate of drug-likeness (QED) is 0.714. The third-order valence-electron chi connectivity index (χ3n) is 6.48. The number of amides is 2. The van der Waals surface area contributed by atoms with Gasteiger partial charge in [0, 0.05) is 48.8 Å². The smallest absolute Gasteiger partial charge is 0.228 e. The first-order valence-electron chi connectivity index (χ1n) is 10.5. The zero-order valence-electron chi connectivity index (χ0n) is 16.7. The highest BCUT2D eigenvalue weighted by molar-refractivity contribution is 6.00. The Balaban J connectivity index is 1.23. The number of aromatic nitrogens is 1. The fourth-order valence-electron chi connectivity index (χ4n) is 4.84. The molecule has 6 heteroatoms. The number of likely N-dealkylation sites (tertiary alicyclic amines) is 1. The number of H-pyrrole nitrogens is 1. The molecule has 2 aromatic carbocycles. The van der Waals surface area contributed by atoms with Crippen molar-refractivity contribution in [2.75, 3.05) is 24.5 Å². The Morgan fingerprint density at radius 1 is 1.03 bits per heavy atom. The van der Waals surface area contributed by atoms with Gasteiger partial charge in [-0.2, -0.15) is 0 Å². The zero-order chi connectivity index (χ0) is 20.7. The minimum absolute atomic E-state index is 0.0605. The first-order valence-corrected chi connectivity index (χ1v) is 10.5. The SMILES string of the molecule is O=C([C@H]1CC(=O)N(c2ccc(F)cc2)C1)N1CCC(c2c[nH]c3ccccc23)CC1. The predicted octanol–water partition coefficient (Wildman–Crippen LogP) is 4.07. The van der Waals surface area contributed by atoms with Crippen molar-refractivity contribution in [3.8, 4) is 0 Å². The molecular weight excluding hydrogens is 381 g/mol. The van der Waals surface area contributed by atoms with Crippen LogP contribution in [0, 0.1) is 11.7 Å². The van der Waals surface area contributed by atoms with E-state index < -0.39 is 0 Å². The lowest BCUT2D eigenvalue weighted by Crippen LogP contribution is -2.42. The van der Waals surface area contributed by atoms with Gasteiger partial charge in [-0.1, -0.05) is 18.2 Å². The molecule has 5 rings (SSSR count). The highest BCUT2D eigenvalue weighted by Crippen LogP contribution is 2.34. The van der Waals surface area contributed by atoms with Crippen molar-refractivity contribution in [2.45, 2.75) is 25.2 Å². The lowest BCUT2D eigenvalue weighted by Gasteiger charge is -2.33. The van der Waals surface area contributed by atoms with E-state index in [9.17, 15) is 14.0 Å². The summed E-state index contributed by atoms with van der Waals surface area (Å²) in [4.78, 5) is 32.4. The summed E-state index contributed by atoms with van der Waals surface area (Å²) in [5, 5.41) is 1.26. The van der Waals surface area contributed by atoms with Crippen molar-refractivity contribution >= 4 is 28.4 Å². The maximum Gasteiger partial charge on any atom is 0.228 e. The van der Waals surface area contributed by atoms with E-state index in [4.69, 9.17) is 0 Å². The molecule has 0 unspecified atom stereocenters. The van der Waals surface area contributed by atoms with Crippen LogP contribution in [0.3, 0.4) is 0 Å². The van der Waals surface area contributed by atoms with Crippen LogP contribution in [0.5, 0.6) is 0 Å². The third-order valence-corrected chi connectivity index (χ3v) is 6.48. The van der Waals surface area contributed by atoms with Crippen molar-refractivity contribution in [2.24, 2.45) is 5.92 Å². The van der Waals surface area contributed by atoms with Crippen LogP contribution in [0.4, 0.5) is 10.1 Å². The van der Waals surface area contributed by atoms with Crippen molar-refractivity contribution in [3.63, 3.8) is 0 Å². The molecule has 1 atom stereocenters. The Morgan fingerprint density at radius 2 is 1.77 bits per heavy atom. The summed E-state index contributed by atoms with van der Waals surface area (Å²) >= 11 is 0. The van der Waals surface area contributed by atoms with Crippen LogP contribution in [0.2, 0.25) is 0 Å². The topological polar surface area (TPSA) is 56.4 Å². The van der Waals surface area contributed by atoms with E-state index in [1.54, 1.807) is 17.0 Å². The van der Waals surface area contributed by atoms with E-state index in [1.807, 2.05) is 11.0 Å². The van der Waals surface area contributed by atoms with Crippen LogP contribution < -0.4 is 4.90 Å². The predicted molar refractivity (Wildman–Crippen MR) is 114 cm³/mol. The molecule has 3 aromatic rings. The summed E-state index contributed by atoms with van der Waals surface area (Å²) in [5.74, 6) is -0.242. The largest absolute Gasteiger partial charge is 0.361 e. The summed E-state index contributed by atoms with van der Waals surface area (Å²) in [5.41, 5.74) is 3.13. The monoisotopic (exact) mass is 405 g/mol. The van der Waals surface area contributed by atoms with E-state index in [2.05, 4.69) is 29.4 Å².